The number of aliphatic hydroxyl groups excluding tert-OH is 1. The van der Waals surface area contributed by atoms with Gasteiger partial charge in [0.1, 0.15) is 11.3 Å². The first-order chi connectivity index (χ1) is 23.1. The van der Waals surface area contributed by atoms with Crippen LogP contribution in [0.25, 0.3) is 0 Å². The van der Waals surface area contributed by atoms with Gasteiger partial charge in [-0.05, 0) is 41.0 Å². The highest BCUT2D eigenvalue weighted by atomic mass is 16.6. The number of nitrogens with zero attached hydrogens (tertiary/aromatic N) is 1. The normalized spacial score (nSPS) is 16.9. The molecule has 1 aliphatic rings. The second-order valence-electron chi connectivity index (χ2n) is 16.8. The zero-order valence-electron chi connectivity index (χ0n) is 33.4. The van der Waals surface area contributed by atoms with Crippen LogP contribution in [0, 0.1) is 0 Å². The van der Waals surface area contributed by atoms with E-state index in [4.69, 9.17) is 9.47 Å². The zero-order chi connectivity index (χ0) is 35.4. The third kappa shape index (κ3) is 24.4. The summed E-state index contributed by atoms with van der Waals surface area (Å²) in [7, 11) is 0. The van der Waals surface area contributed by atoms with Gasteiger partial charge < -0.3 is 14.6 Å². The Morgan fingerprint density at radius 2 is 0.917 bits per heavy atom. The van der Waals surface area contributed by atoms with Crippen LogP contribution in [0.2, 0.25) is 0 Å². The highest BCUT2D eigenvalue weighted by Gasteiger charge is 2.48. The number of carbonyl (C=O) groups excluding carboxylic acids is 1. The number of ether oxygens (including phenoxy) is 2. The maximum absolute atomic E-state index is 12.8. The molecule has 1 rings (SSSR count). The first kappa shape index (κ1) is 45.2. The van der Waals surface area contributed by atoms with E-state index < -0.39 is 23.5 Å². The van der Waals surface area contributed by atoms with Gasteiger partial charge in [0, 0.05) is 0 Å². The Kier molecular flexibility index (Phi) is 27.2. The molecule has 1 heterocycles. The fraction of sp³-hybridized carbons (Fsp3) is 0.977. The lowest BCUT2D eigenvalue weighted by Gasteiger charge is -2.36. The van der Waals surface area contributed by atoms with Crippen molar-refractivity contribution < 1.29 is 19.4 Å². The van der Waals surface area contributed by atoms with E-state index in [2.05, 4.69) is 6.92 Å². The summed E-state index contributed by atoms with van der Waals surface area (Å²) in [6, 6.07) is -0.349. The monoisotopic (exact) mass is 680 g/mol. The van der Waals surface area contributed by atoms with Gasteiger partial charge in [-0.3, -0.25) is 4.90 Å². The van der Waals surface area contributed by atoms with Crippen LogP contribution in [-0.2, 0) is 9.47 Å². The predicted molar refractivity (Wildman–Crippen MR) is 207 cm³/mol. The Bertz CT molecular complexity index is 733. The molecule has 1 aliphatic heterocycles. The molecule has 286 valence electrons. The number of carbonyl (C=O) groups is 1. The van der Waals surface area contributed by atoms with Crippen molar-refractivity contribution in [3.8, 4) is 0 Å². The highest BCUT2D eigenvalue weighted by Crippen LogP contribution is 2.32. The van der Waals surface area contributed by atoms with E-state index >= 15 is 0 Å². The van der Waals surface area contributed by atoms with Crippen LogP contribution in [0.5, 0.6) is 0 Å². The molecule has 2 atom stereocenters. The molecule has 0 radical (unpaired) electrons. The van der Waals surface area contributed by atoms with E-state index in [1.54, 1.807) is 4.90 Å². The number of hydrogen-bond acceptors (Lipinski definition) is 4. The second-order valence-corrected chi connectivity index (χ2v) is 16.8. The summed E-state index contributed by atoms with van der Waals surface area (Å²) in [5.41, 5.74) is -1.34. The number of amides is 1. The molecule has 1 amide bonds. The molecule has 5 nitrogen and oxygen atoms in total. The quantitative estimate of drug-likeness (QED) is 0.0719. The fourth-order valence-electron chi connectivity index (χ4n) is 7.35. The van der Waals surface area contributed by atoms with Gasteiger partial charge in [0.15, 0.2) is 0 Å². The molecule has 0 aliphatic carbocycles. The zero-order valence-corrected chi connectivity index (χ0v) is 33.4. The van der Waals surface area contributed by atoms with Crippen LogP contribution >= 0.6 is 0 Å². The lowest BCUT2D eigenvalue weighted by atomic mass is 10.0. The molecule has 0 bridgehead atoms. The van der Waals surface area contributed by atoms with E-state index in [0.29, 0.717) is 13.0 Å². The van der Waals surface area contributed by atoms with Crippen molar-refractivity contribution in [1.82, 2.24) is 4.90 Å². The minimum Gasteiger partial charge on any atom is -0.444 e. The third-order valence-electron chi connectivity index (χ3n) is 10.4. The average molecular weight is 680 g/mol. The average Bonchev–Trinajstić information content (AvgIpc) is 3.36. The molecule has 0 spiro atoms. The number of hydrogen-bond donors (Lipinski definition) is 1. The van der Waals surface area contributed by atoms with E-state index in [0.717, 1.165) is 12.8 Å². The first-order valence-corrected chi connectivity index (χ1v) is 21.4. The molecule has 0 aromatic heterocycles. The molecule has 0 aromatic carbocycles. The van der Waals surface area contributed by atoms with Gasteiger partial charge >= 0.3 is 6.09 Å². The van der Waals surface area contributed by atoms with Crippen molar-refractivity contribution >= 4 is 6.09 Å². The Hall–Kier alpha value is -0.810. The summed E-state index contributed by atoms with van der Waals surface area (Å²) >= 11 is 0. The summed E-state index contributed by atoms with van der Waals surface area (Å²) in [6.45, 7) is 12.0. The topological polar surface area (TPSA) is 59.0 Å². The van der Waals surface area contributed by atoms with E-state index in [-0.39, 0.29) is 6.04 Å². The maximum Gasteiger partial charge on any atom is 0.412 e. The largest absolute Gasteiger partial charge is 0.444 e. The molecule has 0 unspecified atom stereocenters. The van der Waals surface area contributed by atoms with E-state index in [1.807, 2.05) is 34.6 Å². The first-order valence-electron chi connectivity index (χ1n) is 21.4. The Labute approximate surface area is 300 Å². The Morgan fingerprint density at radius 1 is 0.625 bits per heavy atom. The van der Waals surface area contributed by atoms with Crippen LogP contribution in [0.1, 0.15) is 241 Å². The Balaban J connectivity index is 1.81. The van der Waals surface area contributed by atoms with E-state index in [9.17, 15) is 9.90 Å². The molecule has 1 saturated heterocycles. The fourth-order valence-corrected chi connectivity index (χ4v) is 7.35. The summed E-state index contributed by atoms with van der Waals surface area (Å²) in [5.74, 6) is 0. The predicted octanol–water partition coefficient (Wildman–Crippen LogP) is 13.8. The van der Waals surface area contributed by atoms with Crippen LogP contribution in [0.3, 0.4) is 0 Å². The smallest absolute Gasteiger partial charge is 0.412 e. The number of unbranched alkanes of at least 4 members (excludes halogenated alkanes) is 29. The minimum atomic E-state index is -0.765. The van der Waals surface area contributed by atoms with Gasteiger partial charge in [-0.25, -0.2) is 4.79 Å². The van der Waals surface area contributed by atoms with Crippen molar-refractivity contribution in [2.24, 2.45) is 0 Å². The molecule has 0 saturated carbocycles. The maximum atomic E-state index is 12.8. The van der Waals surface area contributed by atoms with Crippen molar-refractivity contribution in [1.29, 1.82) is 0 Å². The molecular formula is C43H85NO4. The van der Waals surface area contributed by atoms with Crippen molar-refractivity contribution in [3.05, 3.63) is 0 Å². The summed E-state index contributed by atoms with van der Waals surface area (Å²) in [4.78, 5) is 14.4. The molecular weight excluding hydrogens is 594 g/mol. The van der Waals surface area contributed by atoms with Gasteiger partial charge in [0.25, 0.3) is 0 Å². The van der Waals surface area contributed by atoms with Crippen molar-refractivity contribution in [2.75, 3.05) is 6.61 Å². The summed E-state index contributed by atoms with van der Waals surface area (Å²) in [5, 5.41) is 10.9. The van der Waals surface area contributed by atoms with Crippen molar-refractivity contribution in [3.63, 3.8) is 0 Å². The second kappa shape index (κ2) is 28.8. The van der Waals surface area contributed by atoms with Gasteiger partial charge in [-0.1, -0.05) is 200 Å². The molecule has 1 N–H and O–H groups in total. The lowest BCUT2D eigenvalue weighted by molar-refractivity contribution is -0.0681. The molecule has 1 fully saturated rings. The van der Waals surface area contributed by atoms with Gasteiger partial charge in [0.2, 0.25) is 0 Å². The van der Waals surface area contributed by atoms with Gasteiger partial charge in [-0.15, -0.1) is 0 Å². The van der Waals surface area contributed by atoms with Gasteiger partial charge in [0.05, 0.1) is 18.8 Å². The molecule has 0 aromatic rings. The van der Waals surface area contributed by atoms with Gasteiger partial charge in [-0.2, -0.15) is 0 Å². The minimum absolute atomic E-state index is 0.349. The van der Waals surface area contributed by atoms with Crippen molar-refractivity contribution in [2.45, 2.75) is 264 Å². The SMILES string of the molecule is CCCCCCCCCCCCCCCCCCCCCCCCCCCCCCCC[C@@H](O)[C@@H]1COC(C)(C)N1C(=O)OC(C)(C)C. The molecule has 5 heteroatoms. The number of rotatable bonds is 32. The Morgan fingerprint density at radius 3 is 1.21 bits per heavy atom. The summed E-state index contributed by atoms with van der Waals surface area (Å²) < 4.78 is 11.5. The lowest BCUT2D eigenvalue weighted by Crippen LogP contribution is -2.53. The van der Waals surface area contributed by atoms with Crippen LogP contribution < -0.4 is 0 Å². The summed E-state index contributed by atoms with van der Waals surface area (Å²) in [6.07, 6.45) is 41.8. The standard InChI is InChI=1S/C43H85NO4/c1-7-8-9-10-11-12-13-14-15-16-17-18-19-20-21-22-23-24-25-26-27-28-29-30-31-32-33-34-35-36-37-40(45)39-38-47-43(5,6)44(39)41(46)48-42(2,3)4/h39-40,45H,7-38H2,1-6H3/t39-,40+/m0/s1. The van der Waals surface area contributed by atoms with Crippen LogP contribution in [0.4, 0.5) is 4.79 Å². The van der Waals surface area contributed by atoms with Crippen LogP contribution in [0.15, 0.2) is 0 Å². The third-order valence-corrected chi connectivity index (χ3v) is 10.4. The van der Waals surface area contributed by atoms with Crippen LogP contribution in [-0.4, -0.2) is 46.2 Å². The van der Waals surface area contributed by atoms with E-state index in [1.165, 1.54) is 180 Å². The molecule has 48 heavy (non-hydrogen) atoms. The number of aliphatic hydroxyl groups is 1. The highest BCUT2D eigenvalue weighted by molar-refractivity contribution is 5.69.